The molecule has 1 aliphatic heterocycles. The Morgan fingerprint density at radius 3 is 2.93 bits per heavy atom. The van der Waals surface area contributed by atoms with Gasteiger partial charge in [-0.15, -0.1) is 0 Å². The molecule has 1 N–H and O–H groups in total. The van der Waals surface area contributed by atoms with E-state index in [-0.39, 0.29) is 23.5 Å². The first kappa shape index (κ1) is 17.6. The van der Waals surface area contributed by atoms with Crippen molar-refractivity contribution >= 4 is 23.1 Å². The zero-order valence-electron chi connectivity index (χ0n) is 15.2. The van der Waals surface area contributed by atoms with Crippen LogP contribution in [0.1, 0.15) is 55.3 Å². The van der Waals surface area contributed by atoms with Crippen LogP contribution in [0.4, 0.5) is 0 Å². The van der Waals surface area contributed by atoms with E-state index in [1.807, 2.05) is 18.2 Å². The molecule has 2 aromatic heterocycles. The van der Waals surface area contributed by atoms with Gasteiger partial charge in [-0.05, 0) is 55.7 Å². The molecule has 2 unspecified atom stereocenters. The first-order chi connectivity index (χ1) is 13.0. The molecular weight excluding hydrogens is 342 g/mol. The molecule has 0 aromatic carbocycles. The van der Waals surface area contributed by atoms with Crippen LogP contribution in [0.25, 0.3) is 5.52 Å². The van der Waals surface area contributed by atoms with Crippen molar-refractivity contribution in [1.29, 1.82) is 0 Å². The Bertz CT molecular complexity index is 945. The molecule has 2 atom stereocenters. The number of pyridine rings is 1. The number of rotatable bonds is 3. The first-order valence-electron chi connectivity index (χ1n) is 9.50. The Kier molecular flexibility index (Phi) is 4.42. The quantitative estimate of drug-likeness (QED) is 0.515. The van der Waals surface area contributed by atoms with E-state index in [2.05, 4.69) is 17.0 Å². The SMILES string of the molecule is C=C(C(=O)c1cnn2ccccc12)C1CCCC2(CCCC(=O)NC2=O)C1. The zero-order chi connectivity index (χ0) is 19.0. The molecule has 1 spiro atoms. The summed E-state index contributed by atoms with van der Waals surface area (Å²) in [5.74, 6) is -0.529. The third-order valence-electron chi connectivity index (χ3n) is 6.09. The largest absolute Gasteiger partial charge is 0.296 e. The number of amides is 2. The number of nitrogens with one attached hydrogen (secondary N) is 1. The molecular formula is C21H23N3O3. The van der Waals surface area contributed by atoms with E-state index in [1.54, 1.807) is 16.9 Å². The second-order valence-corrected chi connectivity index (χ2v) is 7.75. The monoisotopic (exact) mass is 365 g/mol. The Hall–Kier alpha value is -2.76. The standard InChI is InChI=1S/C21H23N3O3/c1-14(19(26)16-13-22-24-11-3-2-7-17(16)24)15-6-4-9-21(12-15)10-5-8-18(25)23-20(21)27/h2-3,7,11,13,15H,1,4-6,8-10,12H2,(H,23,25,27). The molecule has 3 heterocycles. The fraction of sp³-hybridized carbons (Fsp3) is 0.429. The third-order valence-corrected chi connectivity index (χ3v) is 6.09. The number of Topliss-reactive ketones (excluding diaryl/α,β-unsaturated/α-hetero) is 1. The van der Waals surface area contributed by atoms with Gasteiger partial charge >= 0.3 is 0 Å². The van der Waals surface area contributed by atoms with Gasteiger partial charge in [-0.3, -0.25) is 19.7 Å². The number of carbonyl (C=O) groups is 3. The topological polar surface area (TPSA) is 80.5 Å². The third kappa shape index (κ3) is 3.09. The Balaban J connectivity index is 1.57. The Morgan fingerprint density at radius 2 is 2.07 bits per heavy atom. The number of imide groups is 1. The molecule has 2 fully saturated rings. The maximum atomic E-state index is 13.1. The number of ketones is 1. The van der Waals surface area contributed by atoms with Gasteiger partial charge in [-0.1, -0.05) is 19.1 Å². The number of hydrogen-bond acceptors (Lipinski definition) is 4. The van der Waals surface area contributed by atoms with Crippen LogP contribution in [0.3, 0.4) is 0 Å². The van der Waals surface area contributed by atoms with Crippen molar-refractivity contribution in [2.24, 2.45) is 11.3 Å². The number of allylic oxidation sites excluding steroid dienone is 1. The summed E-state index contributed by atoms with van der Waals surface area (Å²) in [5.41, 5.74) is 1.28. The van der Waals surface area contributed by atoms with Crippen molar-refractivity contribution in [2.75, 3.05) is 0 Å². The second-order valence-electron chi connectivity index (χ2n) is 7.75. The fourth-order valence-electron chi connectivity index (χ4n) is 4.58. The molecule has 1 saturated carbocycles. The van der Waals surface area contributed by atoms with Crippen molar-refractivity contribution < 1.29 is 14.4 Å². The van der Waals surface area contributed by atoms with Crippen LogP contribution in [-0.2, 0) is 9.59 Å². The Morgan fingerprint density at radius 1 is 1.26 bits per heavy atom. The van der Waals surface area contributed by atoms with E-state index >= 15 is 0 Å². The van der Waals surface area contributed by atoms with Crippen molar-refractivity contribution in [3.05, 3.63) is 48.3 Å². The van der Waals surface area contributed by atoms with E-state index in [4.69, 9.17) is 0 Å². The van der Waals surface area contributed by atoms with Gasteiger partial charge in [0.2, 0.25) is 11.8 Å². The molecule has 2 aromatic rings. The molecule has 6 heteroatoms. The summed E-state index contributed by atoms with van der Waals surface area (Å²) in [4.78, 5) is 37.5. The minimum Gasteiger partial charge on any atom is -0.296 e. The molecule has 0 bridgehead atoms. The summed E-state index contributed by atoms with van der Waals surface area (Å²) in [6.45, 7) is 4.10. The zero-order valence-corrected chi connectivity index (χ0v) is 15.2. The highest BCUT2D eigenvalue weighted by Crippen LogP contribution is 2.46. The summed E-state index contributed by atoms with van der Waals surface area (Å²) >= 11 is 0. The van der Waals surface area contributed by atoms with Gasteiger partial charge in [0.05, 0.1) is 22.7 Å². The molecule has 2 aliphatic rings. The van der Waals surface area contributed by atoms with Crippen LogP contribution >= 0.6 is 0 Å². The summed E-state index contributed by atoms with van der Waals surface area (Å²) in [5, 5.41) is 6.77. The van der Waals surface area contributed by atoms with Crippen LogP contribution < -0.4 is 5.32 Å². The van der Waals surface area contributed by atoms with Crippen LogP contribution in [-0.4, -0.2) is 27.2 Å². The number of nitrogens with zero attached hydrogens (tertiary/aromatic N) is 2. The highest BCUT2D eigenvalue weighted by atomic mass is 16.2. The average Bonchev–Trinajstić information content (AvgIpc) is 3.05. The molecule has 2 amide bonds. The van der Waals surface area contributed by atoms with E-state index in [0.717, 1.165) is 24.8 Å². The summed E-state index contributed by atoms with van der Waals surface area (Å²) in [7, 11) is 0. The number of hydrogen-bond donors (Lipinski definition) is 1. The van der Waals surface area contributed by atoms with Crippen molar-refractivity contribution in [1.82, 2.24) is 14.9 Å². The van der Waals surface area contributed by atoms with Gasteiger partial charge < -0.3 is 0 Å². The molecule has 4 rings (SSSR count). The van der Waals surface area contributed by atoms with Crippen LogP contribution in [0.5, 0.6) is 0 Å². The predicted molar refractivity (Wildman–Crippen MR) is 100 cm³/mol. The Labute approximate surface area is 157 Å². The van der Waals surface area contributed by atoms with Gasteiger partial charge in [0, 0.05) is 12.6 Å². The lowest BCUT2D eigenvalue weighted by Crippen LogP contribution is -2.44. The lowest BCUT2D eigenvalue weighted by molar-refractivity contribution is -0.137. The first-order valence-corrected chi connectivity index (χ1v) is 9.50. The lowest BCUT2D eigenvalue weighted by Gasteiger charge is -2.39. The van der Waals surface area contributed by atoms with Crippen LogP contribution in [0.15, 0.2) is 42.7 Å². The van der Waals surface area contributed by atoms with Crippen LogP contribution in [0.2, 0.25) is 0 Å². The second kappa shape index (κ2) is 6.76. The number of fused-ring (bicyclic) bond motifs is 1. The molecule has 1 aliphatic carbocycles. The van der Waals surface area contributed by atoms with E-state index in [1.165, 1.54) is 0 Å². The molecule has 1 saturated heterocycles. The summed E-state index contributed by atoms with van der Waals surface area (Å²) in [6.07, 6.45) is 8.21. The fourth-order valence-corrected chi connectivity index (χ4v) is 4.58. The van der Waals surface area contributed by atoms with E-state index < -0.39 is 5.41 Å². The highest BCUT2D eigenvalue weighted by Gasteiger charge is 2.45. The number of carbonyl (C=O) groups excluding carboxylic acids is 3. The maximum absolute atomic E-state index is 13.1. The average molecular weight is 365 g/mol. The van der Waals surface area contributed by atoms with Crippen molar-refractivity contribution in [3.63, 3.8) is 0 Å². The normalized spacial score (nSPS) is 26.0. The molecule has 6 nitrogen and oxygen atoms in total. The van der Waals surface area contributed by atoms with E-state index in [9.17, 15) is 14.4 Å². The number of aromatic nitrogens is 2. The smallest absolute Gasteiger partial charge is 0.232 e. The van der Waals surface area contributed by atoms with Gasteiger partial charge in [0.15, 0.2) is 5.78 Å². The predicted octanol–water partition coefficient (Wildman–Crippen LogP) is 3.08. The molecule has 27 heavy (non-hydrogen) atoms. The van der Waals surface area contributed by atoms with Crippen molar-refractivity contribution in [2.45, 2.75) is 44.9 Å². The molecule has 0 radical (unpaired) electrons. The highest BCUT2D eigenvalue weighted by molar-refractivity contribution is 6.12. The minimum absolute atomic E-state index is 0.0520. The minimum atomic E-state index is -0.556. The molecule has 140 valence electrons. The summed E-state index contributed by atoms with van der Waals surface area (Å²) < 4.78 is 1.67. The lowest BCUT2D eigenvalue weighted by atomic mass is 9.65. The van der Waals surface area contributed by atoms with E-state index in [0.29, 0.717) is 36.8 Å². The van der Waals surface area contributed by atoms with Gasteiger partial charge in [0.1, 0.15) is 0 Å². The summed E-state index contributed by atoms with van der Waals surface area (Å²) in [6, 6.07) is 5.60. The van der Waals surface area contributed by atoms with Crippen LogP contribution in [0, 0.1) is 11.3 Å². The van der Waals surface area contributed by atoms with Crippen molar-refractivity contribution in [3.8, 4) is 0 Å². The maximum Gasteiger partial charge on any atom is 0.232 e. The van der Waals surface area contributed by atoms with Gasteiger partial charge in [0.25, 0.3) is 0 Å². The van der Waals surface area contributed by atoms with Gasteiger partial charge in [-0.25, -0.2) is 4.52 Å². The van der Waals surface area contributed by atoms with Gasteiger partial charge in [-0.2, -0.15) is 5.10 Å².